The minimum absolute atomic E-state index is 0.0241. The van der Waals surface area contributed by atoms with E-state index in [1.54, 1.807) is 12.1 Å². The van der Waals surface area contributed by atoms with Gasteiger partial charge >= 0.3 is 0 Å². The lowest BCUT2D eigenvalue weighted by molar-refractivity contribution is -0.140. The first kappa shape index (κ1) is 15.3. The smallest absolute Gasteiger partial charge is 0.227 e. The lowest BCUT2D eigenvalue weighted by atomic mass is 9.97. The second-order valence-electron chi connectivity index (χ2n) is 6.35. The highest BCUT2D eigenvalue weighted by Crippen LogP contribution is 2.28. The Balaban J connectivity index is 1.56. The largest absolute Gasteiger partial charge is 0.378 e. The zero-order valence-electron chi connectivity index (χ0n) is 13.4. The quantitative estimate of drug-likeness (QED) is 0.848. The zero-order chi connectivity index (χ0) is 16.5. The van der Waals surface area contributed by atoms with E-state index >= 15 is 0 Å². The van der Waals surface area contributed by atoms with Crippen LogP contribution in [0.4, 0.5) is 4.39 Å². The number of morpholine rings is 1. The van der Waals surface area contributed by atoms with Gasteiger partial charge in [0.05, 0.1) is 31.0 Å². The molecule has 0 spiro atoms. The summed E-state index contributed by atoms with van der Waals surface area (Å²) in [6, 6.07) is 6.42. The van der Waals surface area contributed by atoms with Gasteiger partial charge in [-0.3, -0.25) is 4.79 Å². The van der Waals surface area contributed by atoms with E-state index < -0.39 is 0 Å². The van der Waals surface area contributed by atoms with Crippen LogP contribution in [0.2, 0.25) is 0 Å². The van der Waals surface area contributed by atoms with Gasteiger partial charge < -0.3 is 14.2 Å². The third-order valence-electron chi connectivity index (χ3n) is 4.87. The lowest BCUT2D eigenvalue weighted by Crippen LogP contribution is -2.45. The molecule has 0 radical (unpaired) electrons. The minimum Gasteiger partial charge on any atom is -0.378 e. The second kappa shape index (κ2) is 6.36. The molecular weight excluding hydrogens is 309 g/mol. The molecule has 3 heterocycles. The molecule has 1 aromatic carbocycles. The van der Waals surface area contributed by atoms with Crippen LogP contribution in [0.3, 0.4) is 0 Å². The molecule has 1 unspecified atom stereocenters. The number of carbonyl (C=O) groups is 1. The topological polar surface area (TPSA) is 47.4 Å². The number of imidazole rings is 1. The summed E-state index contributed by atoms with van der Waals surface area (Å²) in [5, 5.41) is 0. The standard InChI is InChI=1S/C18H20FN3O2/c19-15-4-1-13(2-5-15)16-11-20-17-6-3-14(12-22(16)17)18(23)21-7-9-24-10-8-21/h1-2,4-5,11,14H,3,6-10,12H2. The highest BCUT2D eigenvalue weighted by molar-refractivity contribution is 5.79. The molecule has 126 valence electrons. The van der Waals surface area contributed by atoms with Crippen molar-refractivity contribution in [1.29, 1.82) is 0 Å². The summed E-state index contributed by atoms with van der Waals surface area (Å²) in [5.41, 5.74) is 1.87. The normalized spacial score (nSPS) is 20.7. The van der Waals surface area contributed by atoms with Crippen molar-refractivity contribution in [3.63, 3.8) is 0 Å². The van der Waals surface area contributed by atoms with Crippen LogP contribution in [0.25, 0.3) is 11.3 Å². The van der Waals surface area contributed by atoms with Gasteiger partial charge in [0.1, 0.15) is 11.6 Å². The molecule has 1 aromatic heterocycles. The summed E-state index contributed by atoms with van der Waals surface area (Å²) in [6.45, 7) is 3.23. The molecule has 4 rings (SSSR count). The Kier molecular flexibility index (Phi) is 4.06. The van der Waals surface area contributed by atoms with Gasteiger partial charge in [-0.1, -0.05) is 0 Å². The number of carbonyl (C=O) groups excluding carboxylic acids is 1. The van der Waals surface area contributed by atoms with E-state index in [9.17, 15) is 9.18 Å². The molecule has 0 bridgehead atoms. The maximum Gasteiger partial charge on any atom is 0.227 e. The van der Waals surface area contributed by atoms with Crippen molar-refractivity contribution in [2.75, 3.05) is 26.3 Å². The third kappa shape index (κ3) is 2.82. The van der Waals surface area contributed by atoms with Gasteiger partial charge in [0.25, 0.3) is 0 Å². The Morgan fingerprint density at radius 2 is 1.96 bits per heavy atom. The summed E-state index contributed by atoms with van der Waals surface area (Å²) >= 11 is 0. The Bertz CT molecular complexity index is 735. The number of hydrogen-bond acceptors (Lipinski definition) is 3. The number of rotatable bonds is 2. The maximum absolute atomic E-state index is 13.2. The average molecular weight is 329 g/mol. The van der Waals surface area contributed by atoms with Crippen LogP contribution in [-0.2, 0) is 22.5 Å². The van der Waals surface area contributed by atoms with Crippen molar-refractivity contribution in [1.82, 2.24) is 14.5 Å². The van der Waals surface area contributed by atoms with Crippen LogP contribution in [-0.4, -0.2) is 46.7 Å². The molecular formula is C18H20FN3O2. The summed E-state index contributed by atoms with van der Waals surface area (Å²) < 4.78 is 20.6. The van der Waals surface area contributed by atoms with Crippen LogP contribution in [0.5, 0.6) is 0 Å². The van der Waals surface area contributed by atoms with Crippen molar-refractivity contribution < 1.29 is 13.9 Å². The van der Waals surface area contributed by atoms with Gasteiger partial charge in [0.2, 0.25) is 5.91 Å². The number of aryl methyl sites for hydroxylation is 1. The number of nitrogens with zero attached hydrogens (tertiary/aromatic N) is 3. The summed E-state index contributed by atoms with van der Waals surface area (Å²) in [5.74, 6) is 0.935. The van der Waals surface area contributed by atoms with Gasteiger partial charge in [0.15, 0.2) is 0 Å². The summed E-state index contributed by atoms with van der Waals surface area (Å²) in [7, 11) is 0. The Morgan fingerprint density at radius 1 is 1.21 bits per heavy atom. The molecule has 6 heteroatoms. The minimum atomic E-state index is -0.252. The number of benzene rings is 1. The fourth-order valence-corrected chi connectivity index (χ4v) is 3.53. The van der Waals surface area contributed by atoms with E-state index in [1.165, 1.54) is 12.1 Å². The molecule has 0 N–H and O–H groups in total. The van der Waals surface area contributed by atoms with Crippen molar-refractivity contribution in [3.05, 3.63) is 42.1 Å². The molecule has 1 saturated heterocycles. The fraction of sp³-hybridized carbons (Fsp3) is 0.444. The van der Waals surface area contributed by atoms with Crippen molar-refractivity contribution in [3.8, 4) is 11.3 Å². The molecule has 1 amide bonds. The number of aromatic nitrogens is 2. The molecule has 0 aliphatic carbocycles. The van der Waals surface area contributed by atoms with E-state index in [0.29, 0.717) is 32.8 Å². The van der Waals surface area contributed by atoms with Crippen molar-refractivity contribution in [2.45, 2.75) is 19.4 Å². The predicted octanol–water partition coefficient (Wildman–Crippen LogP) is 2.11. The number of ether oxygens (including phenoxy) is 1. The van der Waals surface area contributed by atoms with E-state index in [4.69, 9.17) is 4.74 Å². The Hall–Kier alpha value is -2.21. The maximum atomic E-state index is 13.2. The van der Waals surface area contributed by atoms with Gasteiger partial charge in [0, 0.05) is 26.1 Å². The van der Waals surface area contributed by atoms with Crippen LogP contribution in [0, 0.1) is 11.7 Å². The van der Waals surface area contributed by atoms with Crippen LogP contribution in [0.15, 0.2) is 30.5 Å². The number of amides is 1. The Labute approximate surface area is 140 Å². The highest BCUT2D eigenvalue weighted by Gasteiger charge is 2.30. The highest BCUT2D eigenvalue weighted by atomic mass is 19.1. The SMILES string of the molecule is O=C(C1CCc2ncc(-c3ccc(F)cc3)n2C1)N1CCOCC1. The average Bonchev–Trinajstić information content (AvgIpc) is 3.05. The van der Waals surface area contributed by atoms with E-state index in [0.717, 1.165) is 29.9 Å². The van der Waals surface area contributed by atoms with Gasteiger partial charge in [-0.15, -0.1) is 0 Å². The van der Waals surface area contributed by atoms with Gasteiger partial charge in [-0.05, 0) is 36.2 Å². The molecule has 1 fully saturated rings. The van der Waals surface area contributed by atoms with Gasteiger partial charge in [-0.25, -0.2) is 9.37 Å². The number of fused-ring (bicyclic) bond motifs is 1. The van der Waals surface area contributed by atoms with Crippen LogP contribution in [0.1, 0.15) is 12.2 Å². The zero-order valence-corrected chi connectivity index (χ0v) is 13.4. The predicted molar refractivity (Wildman–Crippen MR) is 86.8 cm³/mol. The Morgan fingerprint density at radius 3 is 2.71 bits per heavy atom. The fourth-order valence-electron chi connectivity index (χ4n) is 3.53. The summed E-state index contributed by atoms with van der Waals surface area (Å²) in [4.78, 5) is 19.2. The lowest BCUT2D eigenvalue weighted by Gasteiger charge is -2.32. The molecule has 1 atom stereocenters. The van der Waals surface area contributed by atoms with Crippen molar-refractivity contribution >= 4 is 5.91 Å². The monoisotopic (exact) mass is 329 g/mol. The first-order valence-electron chi connectivity index (χ1n) is 8.39. The first-order chi connectivity index (χ1) is 11.7. The molecule has 2 aliphatic heterocycles. The second-order valence-corrected chi connectivity index (χ2v) is 6.35. The van der Waals surface area contributed by atoms with Crippen molar-refractivity contribution in [2.24, 2.45) is 5.92 Å². The third-order valence-corrected chi connectivity index (χ3v) is 4.87. The molecule has 2 aromatic rings. The first-order valence-corrected chi connectivity index (χ1v) is 8.39. The molecule has 2 aliphatic rings. The van der Waals surface area contributed by atoms with E-state index in [2.05, 4.69) is 9.55 Å². The number of hydrogen-bond donors (Lipinski definition) is 0. The van der Waals surface area contributed by atoms with E-state index in [1.807, 2.05) is 11.1 Å². The van der Waals surface area contributed by atoms with Gasteiger partial charge in [-0.2, -0.15) is 0 Å². The van der Waals surface area contributed by atoms with Crippen LogP contribution < -0.4 is 0 Å². The van der Waals surface area contributed by atoms with Crippen LogP contribution >= 0.6 is 0 Å². The molecule has 0 saturated carbocycles. The number of halogens is 1. The molecule has 24 heavy (non-hydrogen) atoms. The molecule has 5 nitrogen and oxygen atoms in total. The summed E-state index contributed by atoms with van der Waals surface area (Å²) in [6.07, 6.45) is 3.45. The van der Waals surface area contributed by atoms with E-state index in [-0.39, 0.29) is 17.6 Å².